The Hall–Kier alpha value is -1.31. The van der Waals surface area contributed by atoms with Crippen molar-refractivity contribution in [1.82, 2.24) is 15.5 Å². The Bertz CT molecular complexity index is 383. The van der Waals surface area contributed by atoms with Gasteiger partial charge >= 0.3 is 6.03 Å². The largest absolute Gasteiger partial charge is 0.335 e. The molecule has 0 saturated carbocycles. The molecular formula is C9H14F2N4OS. The average Bonchev–Trinajstić information content (AvgIpc) is 2.65. The van der Waals surface area contributed by atoms with Gasteiger partial charge in [0.05, 0.1) is 0 Å². The number of nitrogens with zero attached hydrogens (tertiary/aromatic N) is 2. The number of rotatable bonds is 4. The zero-order valence-corrected chi connectivity index (χ0v) is 10.5. The number of urea groups is 1. The first-order valence-corrected chi connectivity index (χ1v) is 5.91. The summed E-state index contributed by atoms with van der Waals surface area (Å²) in [6, 6.07) is -0.486. The number of aromatic nitrogens is 2. The summed E-state index contributed by atoms with van der Waals surface area (Å²) in [5.41, 5.74) is 0. The highest BCUT2D eigenvalue weighted by Crippen LogP contribution is 2.24. The normalized spacial score (nSPS) is 12.9. The van der Waals surface area contributed by atoms with Crippen LogP contribution >= 0.6 is 11.3 Å². The molecule has 0 saturated heterocycles. The summed E-state index contributed by atoms with van der Waals surface area (Å²) < 4.78 is 24.4. The molecule has 2 N–H and O–H groups in total. The molecule has 1 atom stereocenters. The quantitative estimate of drug-likeness (QED) is 0.878. The van der Waals surface area contributed by atoms with Crippen molar-refractivity contribution in [2.75, 3.05) is 5.32 Å². The Balaban J connectivity index is 2.50. The fourth-order valence-electron chi connectivity index (χ4n) is 0.880. The number of carbonyl (C=O) groups excluding carboxylic acids is 1. The van der Waals surface area contributed by atoms with Crippen LogP contribution in [-0.4, -0.2) is 22.3 Å². The molecule has 96 valence electrons. The van der Waals surface area contributed by atoms with Crippen molar-refractivity contribution >= 4 is 22.5 Å². The zero-order valence-electron chi connectivity index (χ0n) is 9.70. The van der Waals surface area contributed by atoms with E-state index in [4.69, 9.17) is 0 Å². The maximum atomic E-state index is 12.2. The predicted molar refractivity (Wildman–Crippen MR) is 61.3 cm³/mol. The van der Waals surface area contributed by atoms with Crippen LogP contribution in [0.4, 0.5) is 18.7 Å². The van der Waals surface area contributed by atoms with E-state index in [1.165, 1.54) is 0 Å². The molecule has 0 aliphatic heterocycles. The Morgan fingerprint density at radius 1 is 1.29 bits per heavy atom. The van der Waals surface area contributed by atoms with E-state index in [1.807, 2.05) is 20.8 Å². The summed E-state index contributed by atoms with van der Waals surface area (Å²) in [7, 11) is 0. The lowest BCUT2D eigenvalue weighted by Gasteiger charge is -2.16. The third kappa shape index (κ3) is 4.22. The lowest BCUT2D eigenvalue weighted by molar-refractivity contribution is 0.150. The van der Waals surface area contributed by atoms with Crippen LogP contribution < -0.4 is 10.6 Å². The first-order valence-electron chi connectivity index (χ1n) is 5.09. The Morgan fingerprint density at radius 3 is 2.41 bits per heavy atom. The van der Waals surface area contributed by atoms with Crippen molar-refractivity contribution in [3.8, 4) is 0 Å². The summed E-state index contributed by atoms with van der Waals surface area (Å²) in [6.07, 6.45) is -2.67. The molecule has 0 unspecified atom stereocenters. The van der Waals surface area contributed by atoms with Crippen LogP contribution in [0.15, 0.2) is 0 Å². The van der Waals surface area contributed by atoms with Gasteiger partial charge in [-0.05, 0) is 12.8 Å². The van der Waals surface area contributed by atoms with Gasteiger partial charge in [0.15, 0.2) is 5.01 Å². The minimum absolute atomic E-state index is 0.0162. The highest BCUT2D eigenvalue weighted by Gasteiger charge is 2.16. The molecule has 8 heteroatoms. The van der Waals surface area contributed by atoms with Crippen molar-refractivity contribution in [2.24, 2.45) is 5.92 Å². The van der Waals surface area contributed by atoms with Crippen LogP contribution in [0.5, 0.6) is 0 Å². The second-order valence-electron chi connectivity index (χ2n) is 3.88. The number of halogens is 2. The summed E-state index contributed by atoms with van der Waals surface area (Å²) in [5, 5.41) is 11.4. The van der Waals surface area contributed by atoms with Gasteiger partial charge in [0.2, 0.25) is 5.13 Å². The molecule has 1 rings (SSSR count). The van der Waals surface area contributed by atoms with Gasteiger partial charge in [0, 0.05) is 6.04 Å². The third-order valence-corrected chi connectivity index (χ3v) is 3.05. The molecule has 0 aliphatic carbocycles. The molecule has 0 radical (unpaired) electrons. The maximum Gasteiger partial charge on any atom is 0.321 e. The van der Waals surface area contributed by atoms with Gasteiger partial charge in [-0.2, -0.15) is 0 Å². The second kappa shape index (κ2) is 5.85. The minimum Gasteiger partial charge on any atom is -0.335 e. The highest BCUT2D eigenvalue weighted by molar-refractivity contribution is 7.15. The monoisotopic (exact) mass is 264 g/mol. The van der Waals surface area contributed by atoms with Crippen molar-refractivity contribution < 1.29 is 13.6 Å². The molecule has 1 heterocycles. The predicted octanol–water partition coefficient (Wildman–Crippen LogP) is 2.64. The van der Waals surface area contributed by atoms with Gasteiger partial charge in [-0.15, -0.1) is 10.2 Å². The topological polar surface area (TPSA) is 66.9 Å². The van der Waals surface area contributed by atoms with Crippen molar-refractivity contribution in [3.05, 3.63) is 5.01 Å². The number of anilines is 1. The number of amides is 2. The smallest absolute Gasteiger partial charge is 0.321 e. The molecule has 0 aliphatic rings. The second-order valence-corrected chi connectivity index (χ2v) is 4.89. The Kier molecular flexibility index (Phi) is 4.73. The van der Waals surface area contributed by atoms with E-state index < -0.39 is 17.5 Å². The van der Waals surface area contributed by atoms with E-state index in [1.54, 1.807) is 0 Å². The van der Waals surface area contributed by atoms with E-state index in [-0.39, 0.29) is 17.1 Å². The van der Waals surface area contributed by atoms with Gasteiger partial charge in [-0.1, -0.05) is 25.2 Å². The van der Waals surface area contributed by atoms with Crippen LogP contribution in [0.1, 0.15) is 32.2 Å². The first kappa shape index (κ1) is 13.8. The fraction of sp³-hybridized carbons (Fsp3) is 0.667. The van der Waals surface area contributed by atoms with Gasteiger partial charge in [0.25, 0.3) is 6.43 Å². The lowest BCUT2D eigenvalue weighted by atomic mass is 10.1. The Labute approximate surface area is 102 Å². The third-order valence-electron chi connectivity index (χ3n) is 2.21. The van der Waals surface area contributed by atoms with Gasteiger partial charge in [0.1, 0.15) is 0 Å². The standard InChI is InChI=1S/C9H14F2N4OS/c1-4(2)5(3)12-8(16)13-9-15-14-7(17-9)6(10)11/h4-6H,1-3H3,(H2,12,13,15,16)/t5-/m0/s1. The average molecular weight is 264 g/mol. The van der Waals surface area contributed by atoms with Gasteiger partial charge < -0.3 is 5.32 Å². The fourth-order valence-corrected chi connectivity index (χ4v) is 1.47. The number of hydrogen-bond donors (Lipinski definition) is 2. The molecule has 0 bridgehead atoms. The molecule has 2 amide bonds. The number of carbonyl (C=O) groups is 1. The van der Waals surface area contributed by atoms with Crippen molar-refractivity contribution in [3.63, 3.8) is 0 Å². The molecule has 0 aromatic carbocycles. The minimum atomic E-state index is -2.67. The van der Waals surface area contributed by atoms with E-state index >= 15 is 0 Å². The first-order chi connectivity index (χ1) is 7.90. The zero-order chi connectivity index (χ0) is 13.0. The molecular weight excluding hydrogens is 250 g/mol. The van der Waals surface area contributed by atoms with Gasteiger partial charge in [-0.3, -0.25) is 5.32 Å². The van der Waals surface area contributed by atoms with E-state index in [0.29, 0.717) is 11.3 Å². The van der Waals surface area contributed by atoms with Crippen LogP contribution in [0.25, 0.3) is 0 Å². The van der Waals surface area contributed by atoms with E-state index in [0.717, 1.165) is 0 Å². The van der Waals surface area contributed by atoms with Gasteiger partial charge in [-0.25, -0.2) is 13.6 Å². The maximum absolute atomic E-state index is 12.2. The van der Waals surface area contributed by atoms with E-state index in [2.05, 4.69) is 20.8 Å². The van der Waals surface area contributed by atoms with Crippen LogP contribution in [0.2, 0.25) is 0 Å². The molecule has 17 heavy (non-hydrogen) atoms. The molecule has 0 spiro atoms. The lowest BCUT2D eigenvalue weighted by Crippen LogP contribution is -2.38. The Morgan fingerprint density at radius 2 is 1.94 bits per heavy atom. The summed E-state index contributed by atoms with van der Waals surface area (Å²) in [6.45, 7) is 5.78. The van der Waals surface area contributed by atoms with Crippen molar-refractivity contribution in [1.29, 1.82) is 0 Å². The number of hydrogen-bond acceptors (Lipinski definition) is 4. The summed E-state index contributed by atoms with van der Waals surface area (Å²) >= 11 is 0.661. The van der Waals surface area contributed by atoms with Crippen LogP contribution in [0, 0.1) is 5.92 Å². The summed E-state index contributed by atoms with van der Waals surface area (Å²) in [5.74, 6) is 0.284. The number of alkyl halides is 2. The summed E-state index contributed by atoms with van der Waals surface area (Å²) in [4.78, 5) is 11.4. The SMILES string of the molecule is CC(C)[C@H](C)NC(=O)Nc1nnc(C(F)F)s1. The molecule has 1 aromatic heterocycles. The van der Waals surface area contributed by atoms with Crippen LogP contribution in [0.3, 0.4) is 0 Å². The molecule has 1 aromatic rings. The van der Waals surface area contributed by atoms with Crippen molar-refractivity contribution in [2.45, 2.75) is 33.2 Å². The van der Waals surface area contributed by atoms with E-state index in [9.17, 15) is 13.6 Å². The van der Waals surface area contributed by atoms with Crippen LogP contribution in [-0.2, 0) is 0 Å². The highest BCUT2D eigenvalue weighted by atomic mass is 32.1. The molecule has 0 fully saturated rings. The molecule has 5 nitrogen and oxygen atoms in total. The number of nitrogens with one attached hydrogen (secondary N) is 2.